The number of benzene rings is 1. The van der Waals surface area contributed by atoms with Crippen molar-refractivity contribution in [1.82, 2.24) is 4.90 Å². The van der Waals surface area contributed by atoms with Crippen LogP contribution in [0.3, 0.4) is 0 Å². The lowest BCUT2D eigenvalue weighted by Crippen LogP contribution is -2.34. The second-order valence-electron chi connectivity index (χ2n) is 4.98. The van der Waals surface area contributed by atoms with Crippen LogP contribution in [0.2, 0.25) is 5.02 Å². The minimum atomic E-state index is 0.0193. The fourth-order valence-electron chi connectivity index (χ4n) is 2.63. The van der Waals surface area contributed by atoms with Crippen LogP contribution in [0.4, 0.5) is 0 Å². The smallest absolute Gasteiger partial charge is 0.261 e. The number of para-hydroxylation sites is 1. The highest BCUT2D eigenvalue weighted by Crippen LogP contribution is 2.34. The SMILES string of the molecule is O=C(COc1ccccc1Cl)N1CCCC1c1cccs1. The zero-order valence-electron chi connectivity index (χ0n) is 11.5. The lowest BCUT2D eigenvalue weighted by molar-refractivity contribution is -0.134. The number of thiophene rings is 1. The zero-order valence-corrected chi connectivity index (χ0v) is 13.1. The Balaban J connectivity index is 1.64. The predicted molar refractivity (Wildman–Crippen MR) is 85.0 cm³/mol. The molecule has 2 aromatic rings. The first kappa shape index (κ1) is 14.4. The van der Waals surface area contributed by atoms with Crippen LogP contribution >= 0.6 is 22.9 Å². The lowest BCUT2D eigenvalue weighted by Gasteiger charge is -2.24. The minimum absolute atomic E-state index is 0.0193. The summed E-state index contributed by atoms with van der Waals surface area (Å²) in [5.74, 6) is 0.574. The Morgan fingerprint density at radius 2 is 2.19 bits per heavy atom. The van der Waals surface area contributed by atoms with E-state index in [9.17, 15) is 4.79 Å². The van der Waals surface area contributed by atoms with Crippen LogP contribution in [0.15, 0.2) is 41.8 Å². The number of halogens is 1. The molecule has 0 bridgehead atoms. The standard InChI is InChI=1S/C16H16ClNO2S/c17-12-5-1-2-7-14(12)20-11-16(19)18-9-3-6-13(18)15-8-4-10-21-15/h1-2,4-5,7-8,10,13H,3,6,9,11H2. The highest BCUT2D eigenvalue weighted by molar-refractivity contribution is 7.10. The molecule has 110 valence electrons. The number of carbonyl (C=O) groups excluding carboxylic acids is 1. The van der Waals surface area contributed by atoms with Crippen molar-refractivity contribution in [3.05, 3.63) is 51.7 Å². The molecule has 5 heteroatoms. The number of ether oxygens (including phenoxy) is 1. The summed E-state index contributed by atoms with van der Waals surface area (Å²) in [6.45, 7) is 0.832. The van der Waals surface area contributed by atoms with E-state index in [1.54, 1.807) is 23.5 Å². The summed E-state index contributed by atoms with van der Waals surface area (Å²) in [6, 6.07) is 11.5. The molecule has 1 saturated heterocycles. The Bertz CT molecular complexity index is 614. The van der Waals surface area contributed by atoms with Gasteiger partial charge >= 0.3 is 0 Å². The van der Waals surface area contributed by atoms with Gasteiger partial charge in [-0.1, -0.05) is 29.8 Å². The Hall–Kier alpha value is -1.52. The number of hydrogen-bond donors (Lipinski definition) is 0. The molecule has 0 aliphatic carbocycles. The first-order valence-electron chi connectivity index (χ1n) is 6.96. The molecule has 3 rings (SSSR count). The minimum Gasteiger partial charge on any atom is -0.482 e. The summed E-state index contributed by atoms with van der Waals surface area (Å²) >= 11 is 7.73. The zero-order chi connectivity index (χ0) is 14.7. The van der Waals surface area contributed by atoms with Crippen LogP contribution in [0.1, 0.15) is 23.8 Å². The summed E-state index contributed by atoms with van der Waals surface area (Å²) in [7, 11) is 0. The van der Waals surface area contributed by atoms with Gasteiger partial charge in [0.2, 0.25) is 0 Å². The van der Waals surface area contributed by atoms with Gasteiger partial charge in [-0.25, -0.2) is 0 Å². The molecule has 3 nitrogen and oxygen atoms in total. The van der Waals surface area contributed by atoms with Gasteiger partial charge in [0.05, 0.1) is 11.1 Å². The Morgan fingerprint density at radius 3 is 2.95 bits per heavy atom. The first-order chi connectivity index (χ1) is 10.3. The highest BCUT2D eigenvalue weighted by atomic mass is 35.5. The molecule has 0 saturated carbocycles. The molecule has 1 unspecified atom stereocenters. The van der Waals surface area contributed by atoms with Gasteiger partial charge in [-0.2, -0.15) is 0 Å². The number of nitrogens with zero attached hydrogens (tertiary/aromatic N) is 1. The molecule has 0 radical (unpaired) electrons. The molecule has 1 aromatic carbocycles. The van der Waals surface area contributed by atoms with Crippen LogP contribution < -0.4 is 4.74 Å². The van der Waals surface area contributed by atoms with Gasteiger partial charge in [0.15, 0.2) is 6.61 Å². The van der Waals surface area contributed by atoms with Crippen molar-refractivity contribution in [3.8, 4) is 5.75 Å². The van der Waals surface area contributed by atoms with Crippen molar-refractivity contribution in [3.63, 3.8) is 0 Å². The molecule has 1 amide bonds. The van der Waals surface area contributed by atoms with Gasteiger partial charge in [-0.3, -0.25) is 4.79 Å². The quantitative estimate of drug-likeness (QED) is 0.847. The van der Waals surface area contributed by atoms with Gasteiger partial charge in [0.1, 0.15) is 5.75 Å². The van der Waals surface area contributed by atoms with Crippen LogP contribution in [0, 0.1) is 0 Å². The first-order valence-corrected chi connectivity index (χ1v) is 8.21. The largest absolute Gasteiger partial charge is 0.482 e. The second-order valence-corrected chi connectivity index (χ2v) is 6.37. The van der Waals surface area contributed by atoms with Gasteiger partial charge in [-0.05, 0) is 36.4 Å². The molecule has 1 aliphatic heterocycles. The molecule has 1 fully saturated rings. The summed E-state index contributed by atoms with van der Waals surface area (Å²) in [6.07, 6.45) is 2.07. The van der Waals surface area contributed by atoms with E-state index in [4.69, 9.17) is 16.3 Å². The molecular weight excluding hydrogens is 306 g/mol. The van der Waals surface area contributed by atoms with Crippen molar-refractivity contribution in [2.75, 3.05) is 13.2 Å². The highest BCUT2D eigenvalue weighted by Gasteiger charge is 2.30. The van der Waals surface area contributed by atoms with Crippen LogP contribution in [0.5, 0.6) is 5.75 Å². The van der Waals surface area contributed by atoms with E-state index in [0.29, 0.717) is 10.8 Å². The molecule has 0 spiro atoms. The second kappa shape index (κ2) is 6.50. The number of rotatable bonds is 4. The third kappa shape index (κ3) is 3.22. The predicted octanol–water partition coefficient (Wildman–Crippen LogP) is 4.14. The normalized spacial score (nSPS) is 18.0. The van der Waals surface area contributed by atoms with Crippen molar-refractivity contribution in [2.45, 2.75) is 18.9 Å². The Labute approximate surface area is 133 Å². The Morgan fingerprint density at radius 1 is 1.33 bits per heavy atom. The summed E-state index contributed by atoms with van der Waals surface area (Å²) < 4.78 is 5.56. The van der Waals surface area contributed by atoms with E-state index in [1.165, 1.54) is 4.88 Å². The maximum atomic E-state index is 12.4. The van der Waals surface area contributed by atoms with E-state index < -0.39 is 0 Å². The van der Waals surface area contributed by atoms with Crippen molar-refractivity contribution in [1.29, 1.82) is 0 Å². The number of hydrogen-bond acceptors (Lipinski definition) is 3. The van der Waals surface area contributed by atoms with Crippen LogP contribution in [-0.4, -0.2) is 24.0 Å². The van der Waals surface area contributed by atoms with Gasteiger partial charge in [0.25, 0.3) is 5.91 Å². The summed E-state index contributed by atoms with van der Waals surface area (Å²) in [5.41, 5.74) is 0. The molecule has 1 atom stereocenters. The average Bonchev–Trinajstić information content (AvgIpc) is 3.16. The maximum Gasteiger partial charge on any atom is 0.261 e. The lowest BCUT2D eigenvalue weighted by atomic mass is 10.2. The monoisotopic (exact) mass is 321 g/mol. The van der Waals surface area contributed by atoms with Gasteiger partial charge in [0, 0.05) is 11.4 Å². The van der Waals surface area contributed by atoms with E-state index in [1.807, 2.05) is 23.1 Å². The molecule has 21 heavy (non-hydrogen) atoms. The number of likely N-dealkylation sites (tertiary alicyclic amines) is 1. The van der Waals surface area contributed by atoms with Crippen LogP contribution in [0.25, 0.3) is 0 Å². The molecule has 1 aromatic heterocycles. The number of amides is 1. The fraction of sp³-hybridized carbons (Fsp3) is 0.312. The van der Waals surface area contributed by atoms with Gasteiger partial charge in [-0.15, -0.1) is 11.3 Å². The fourth-order valence-corrected chi connectivity index (χ4v) is 3.69. The third-order valence-corrected chi connectivity index (χ3v) is 4.92. The average molecular weight is 322 g/mol. The molecule has 0 N–H and O–H groups in total. The van der Waals surface area contributed by atoms with E-state index >= 15 is 0 Å². The van der Waals surface area contributed by atoms with Crippen molar-refractivity contribution >= 4 is 28.8 Å². The third-order valence-electron chi connectivity index (χ3n) is 3.63. The molecule has 2 heterocycles. The topological polar surface area (TPSA) is 29.5 Å². The Kier molecular flexibility index (Phi) is 4.46. The van der Waals surface area contributed by atoms with E-state index in [-0.39, 0.29) is 18.6 Å². The molecule has 1 aliphatic rings. The van der Waals surface area contributed by atoms with Gasteiger partial charge < -0.3 is 9.64 Å². The molecular formula is C16H16ClNO2S. The maximum absolute atomic E-state index is 12.4. The van der Waals surface area contributed by atoms with Crippen molar-refractivity contribution in [2.24, 2.45) is 0 Å². The summed E-state index contributed by atoms with van der Waals surface area (Å²) in [5, 5.41) is 2.58. The van der Waals surface area contributed by atoms with E-state index in [2.05, 4.69) is 11.4 Å². The number of carbonyl (C=O) groups is 1. The van der Waals surface area contributed by atoms with Crippen LogP contribution in [-0.2, 0) is 4.79 Å². The summed E-state index contributed by atoms with van der Waals surface area (Å²) in [4.78, 5) is 15.6. The van der Waals surface area contributed by atoms with Crippen molar-refractivity contribution < 1.29 is 9.53 Å². The van der Waals surface area contributed by atoms with E-state index in [0.717, 1.165) is 19.4 Å².